The quantitative estimate of drug-likeness (QED) is 0.283. The Morgan fingerprint density at radius 2 is 1.88 bits per heavy atom. The molecule has 0 bridgehead atoms. The highest BCUT2D eigenvalue weighted by atomic mass is 16.5. The molecule has 0 radical (unpaired) electrons. The second-order valence-electron chi connectivity index (χ2n) is 7.65. The lowest BCUT2D eigenvalue weighted by Gasteiger charge is -2.28. The molecule has 1 aliphatic carbocycles. The van der Waals surface area contributed by atoms with Crippen LogP contribution in [0.2, 0.25) is 0 Å². The van der Waals surface area contributed by atoms with E-state index in [1.54, 1.807) is 0 Å². The van der Waals surface area contributed by atoms with Gasteiger partial charge < -0.3 is 20.1 Å². The molecule has 26 heavy (non-hydrogen) atoms. The Balaban J connectivity index is 1.63. The van der Waals surface area contributed by atoms with Crippen molar-refractivity contribution >= 4 is 5.96 Å². The van der Waals surface area contributed by atoms with E-state index < -0.39 is 0 Å². The fourth-order valence-electron chi connectivity index (χ4n) is 3.67. The molecule has 6 heteroatoms. The summed E-state index contributed by atoms with van der Waals surface area (Å²) >= 11 is 0. The summed E-state index contributed by atoms with van der Waals surface area (Å²) in [5, 5.41) is 6.75. The lowest BCUT2D eigenvalue weighted by molar-refractivity contribution is 0.0323. The van der Waals surface area contributed by atoms with Crippen LogP contribution in [-0.2, 0) is 9.47 Å². The van der Waals surface area contributed by atoms with Gasteiger partial charge in [0.2, 0.25) is 0 Å². The molecule has 0 amide bonds. The number of nitrogens with one attached hydrogen (secondary N) is 2. The summed E-state index contributed by atoms with van der Waals surface area (Å²) in [5.41, 5.74) is 0. The number of morpholine rings is 1. The van der Waals surface area contributed by atoms with E-state index in [2.05, 4.69) is 29.4 Å². The molecule has 1 unspecified atom stereocenters. The maximum Gasteiger partial charge on any atom is 0.191 e. The Kier molecular flexibility index (Phi) is 11.0. The lowest BCUT2D eigenvalue weighted by Crippen LogP contribution is -2.41. The molecule has 2 aliphatic rings. The molecule has 2 fully saturated rings. The summed E-state index contributed by atoms with van der Waals surface area (Å²) in [6, 6.07) is 0. The first-order valence-electron chi connectivity index (χ1n) is 10.7. The summed E-state index contributed by atoms with van der Waals surface area (Å²) in [6.45, 7) is 12.6. The molecule has 1 saturated carbocycles. The molecule has 0 aromatic heterocycles. The first-order valence-corrected chi connectivity index (χ1v) is 10.7. The SMILES string of the molecule is CCNC(=NCC(C)CN1CCOCC1)NCCOC1CCCCCC1. The number of nitrogens with zero attached hydrogens (tertiary/aromatic N) is 2. The molecule has 6 nitrogen and oxygen atoms in total. The molecular formula is C20H40N4O2. The third-order valence-electron chi connectivity index (χ3n) is 5.13. The van der Waals surface area contributed by atoms with Gasteiger partial charge in [0.25, 0.3) is 0 Å². The first kappa shape index (κ1) is 21.5. The molecule has 1 heterocycles. The summed E-state index contributed by atoms with van der Waals surface area (Å²) in [6.07, 6.45) is 8.32. The first-order chi connectivity index (χ1) is 12.8. The molecule has 1 aliphatic heterocycles. The van der Waals surface area contributed by atoms with Gasteiger partial charge in [-0.2, -0.15) is 0 Å². The highest BCUT2D eigenvalue weighted by Gasteiger charge is 2.14. The van der Waals surface area contributed by atoms with E-state index >= 15 is 0 Å². The van der Waals surface area contributed by atoms with Gasteiger partial charge in [-0.25, -0.2) is 0 Å². The average Bonchev–Trinajstić information content (AvgIpc) is 2.93. The third-order valence-corrected chi connectivity index (χ3v) is 5.13. The van der Waals surface area contributed by atoms with Crippen LogP contribution in [-0.4, -0.2) is 76.1 Å². The van der Waals surface area contributed by atoms with Crippen molar-refractivity contribution in [2.45, 2.75) is 58.5 Å². The molecule has 2 rings (SSSR count). The second kappa shape index (κ2) is 13.3. The predicted molar refractivity (Wildman–Crippen MR) is 108 cm³/mol. The number of aliphatic imine (C=N–C) groups is 1. The van der Waals surface area contributed by atoms with E-state index in [4.69, 9.17) is 14.5 Å². The van der Waals surface area contributed by atoms with E-state index in [0.29, 0.717) is 12.0 Å². The van der Waals surface area contributed by atoms with E-state index in [9.17, 15) is 0 Å². The number of ether oxygens (including phenoxy) is 2. The van der Waals surface area contributed by atoms with Crippen LogP contribution in [0.4, 0.5) is 0 Å². The van der Waals surface area contributed by atoms with Gasteiger partial charge in [-0.3, -0.25) is 9.89 Å². The monoisotopic (exact) mass is 368 g/mol. The number of hydrogen-bond donors (Lipinski definition) is 2. The zero-order chi connectivity index (χ0) is 18.5. The molecule has 0 aromatic carbocycles. The second-order valence-corrected chi connectivity index (χ2v) is 7.65. The maximum absolute atomic E-state index is 6.05. The number of guanidine groups is 1. The van der Waals surface area contributed by atoms with Crippen LogP contribution in [0.5, 0.6) is 0 Å². The smallest absolute Gasteiger partial charge is 0.191 e. The Morgan fingerprint density at radius 3 is 2.58 bits per heavy atom. The maximum atomic E-state index is 6.05. The van der Waals surface area contributed by atoms with Crippen molar-refractivity contribution < 1.29 is 9.47 Å². The summed E-state index contributed by atoms with van der Waals surface area (Å²) in [5.74, 6) is 1.46. The van der Waals surface area contributed by atoms with Gasteiger partial charge in [0.15, 0.2) is 5.96 Å². The molecule has 1 saturated heterocycles. The summed E-state index contributed by atoms with van der Waals surface area (Å²) in [4.78, 5) is 7.24. The van der Waals surface area contributed by atoms with Crippen molar-refractivity contribution in [1.82, 2.24) is 15.5 Å². The third kappa shape index (κ3) is 9.19. The lowest BCUT2D eigenvalue weighted by atomic mass is 10.1. The highest BCUT2D eigenvalue weighted by molar-refractivity contribution is 5.79. The summed E-state index contributed by atoms with van der Waals surface area (Å²) in [7, 11) is 0. The predicted octanol–water partition coefficient (Wildman–Crippen LogP) is 2.25. The van der Waals surface area contributed by atoms with Crippen LogP contribution in [0.3, 0.4) is 0 Å². The van der Waals surface area contributed by atoms with Gasteiger partial charge >= 0.3 is 0 Å². The van der Waals surface area contributed by atoms with Crippen molar-refractivity contribution in [2.24, 2.45) is 10.9 Å². The van der Waals surface area contributed by atoms with Crippen molar-refractivity contribution in [1.29, 1.82) is 0 Å². The molecule has 1 atom stereocenters. The average molecular weight is 369 g/mol. The fourth-order valence-corrected chi connectivity index (χ4v) is 3.67. The number of hydrogen-bond acceptors (Lipinski definition) is 4. The minimum absolute atomic E-state index is 0.465. The highest BCUT2D eigenvalue weighted by Crippen LogP contribution is 2.19. The van der Waals surface area contributed by atoms with E-state index in [0.717, 1.165) is 65.0 Å². The van der Waals surface area contributed by atoms with Crippen molar-refractivity contribution in [2.75, 3.05) is 59.1 Å². The minimum Gasteiger partial charge on any atom is -0.379 e. The molecule has 0 aromatic rings. The molecule has 152 valence electrons. The van der Waals surface area contributed by atoms with Crippen LogP contribution in [0.15, 0.2) is 4.99 Å². The van der Waals surface area contributed by atoms with Gasteiger partial charge in [0.1, 0.15) is 0 Å². The van der Waals surface area contributed by atoms with Crippen molar-refractivity contribution in [3.8, 4) is 0 Å². The fraction of sp³-hybridized carbons (Fsp3) is 0.950. The van der Waals surface area contributed by atoms with Gasteiger partial charge in [-0.05, 0) is 25.7 Å². The standard InChI is InChI=1S/C20H40N4O2/c1-3-21-20(22-10-13-26-19-8-6-4-5-7-9-19)23-16-18(2)17-24-11-14-25-15-12-24/h18-19H,3-17H2,1-2H3,(H2,21,22,23). The summed E-state index contributed by atoms with van der Waals surface area (Å²) < 4.78 is 11.5. The molecule has 2 N–H and O–H groups in total. The van der Waals surface area contributed by atoms with E-state index in [1.165, 1.54) is 38.5 Å². The van der Waals surface area contributed by atoms with Gasteiger partial charge in [0, 0.05) is 39.3 Å². The van der Waals surface area contributed by atoms with Crippen LogP contribution >= 0.6 is 0 Å². The molecular weight excluding hydrogens is 328 g/mol. The Bertz CT molecular complexity index is 378. The zero-order valence-corrected chi connectivity index (χ0v) is 17.0. The molecule has 0 spiro atoms. The Labute approximate surface area is 160 Å². The number of rotatable bonds is 9. The Morgan fingerprint density at radius 1 is 1.15 bits per heavy atom. The largest absolute Gasteiger partial charge is 0.379 e. The van der Waals surface area contributed by atoms with Gasteiger partial charge in [0.05, 0.1) is 25.9 Å². The van der Waals surface area contributed by atoms with Crippen molar-refractivity contribution in [3.05, 3.63) is 0 Å². The Hall–Kier alpha value is -0.850. The van der Waals surface area contributed by atoms with Gasteiger partial charge in [-0.15, -0.1) is 0 Å². The topological polar surface area (TPSA) is 58.1 Å². The van der Waals surface area contributed by atoms with Crippen molar-refractivity contribution in [3.63, 3.8) is 0 Å². The van der Waals surface area contributed by atoms with E-state index in [-0.39, 0.29) is 0 Å². The van der Waals surface area contributed by atoms with Crippen LogP contribution in [0.25, 0.3) is 0 Å². The zero-order valence-electron chi connectivity index (χ0n) is 17.0. The minimum atomic E-state index is 0.465. The van der Waals surface area contributed by atoms with Gasteiger partial charge in [-0.1, -0.05) is 32.6 Å². The van der Waals surface area contributed by atoms with Crippen LogP contribution in [0, 0.1) is 5.92 Å². The van der Waals surface area contributed by atoms with Crippen LogP contribution < -0.4 is 10.6 Å². The van der Waals surface area contributed by atoms with E-state index in [1.807, 2.05) is 0 Å². The normalized spacial score (nSPS) is 22.0. The van der Waals surface area contributed by atoms with Crippen LogP contribution in [0.1, 0.15) is 52.4 Å².